The van der Waals surface area contributed by atoms with Crippen LogP contribution in [0.3, 0.4) is 0 Å². The maximum Gasteiger partial charge on any atom is 0.323 e. The number of fused-ring (bicyclic) bond motifs is 1. The monoisotopic (exact) mass is 314 g/mol. The number of allylic oxidation sites excluding steroid dienone is 2. The van der Waals surface area contributed by atoms with Crippen LogP contribution in [-0.4, -0.2) is 31.9 Å². The van der Waals surface area contributed by atoms with E-state index in [0.29, 0.717) is 12.0 Å². The highest BCUT2D eigenvalue weighted by molar-refractivity contribution is 6.24. The Balaban J connectivity index is 2.08. The first-order chi connectivity index (χ1) is 11.0. The van der Waals surface area contributed by atoms with E-state index >= 15 is 0 Å². The molecule has 1 atom stereocenters. The highest BCUT2D eigenvalue weighted by Gasteiger charge is 2.58. The van der Waals surface area contributed by atoms with Crippen LogP contribution in [0.4, 0.5) is 0 Å². The number of rotatable bonds is 3. The molecule has 0 bridgehead atoms. The molecule has 1 unspecified atom stereocenters. The van der Waals surface area contributed by atoms with Gasteiger partial charge in [-0.05, 0) is 24.3 Å². The molecule has 0 aromatic heterocycles. The maximum absolute atomic E-state index is 12.4. The number of methoxy groups -OCH3 is 2. The fourth-order valence-electron chi connectivity index (χ4n) is 3.81. The van der Waals surface area contributed by atoms with Gasteiger partial charge in [0.1, 0.15) is 0 Å². The standard InChI is InChI=1S/C18H18O5/c1-22-16(20)18(17(21)23-2)9-12-8-14(19)15(13(12)10-18)11-6-4-3-5-7-11/h3-7,12H,8-10H2,1-2H3. The summed E-state index contributed by atoms with van der Waals surface area (Å²) in [4.78, 5) is 36.9. The molecule has 0 radical (unpaired) electrons. The first-order valence-electron chi connectivity index (χ1n) is 7.52. The minimum absolute atomic E-state index is 0.0690. The number of hydrogen-bond acceptors (Lipinski definition) is 5. The van der Waals surface area contributed by atoms with Gasteiger partial charge in [-0.25, -0.2) is 0 Å². The van der Waals surface area contributed by atoms with Crippen molar-refractivity contribution in [2.24, 2.45) is 11.3 Å². The topological polar surface area (TPSA) is 69.7 Å². The van der Waals surface area contributed by atoms with Gasteiger partial charge in [-0.15, -0.1) is 0 Å². The van der Waals surface area contributed by atoms with Gasteiger partial charge >= 0.3 is 11.9 Å². The van der Waals surface area contributed by atoms with Crippen LogP contribution in [0, 0.1) is 11.3 Å². The molecule has 5 heteroatoms. The molecule has 23 heavy (non-hydrogen) atoms. The van der Waals surface area contributed by atoms with Gasteiger partial charge in [-0.2, -0.15) is 0 Å². The molecule has 0 amide bonds. The molecule has 1 saturated carbocycles. The third-order valence-corrected chi connectivity index (χ3v) is 4.83. The number of Topliss-reactive ketones (excluding diaryl/α,β-unsaturated/α-hetero) is 1. The van der Waals surface area contributed by atoms with E-state index < -0.39 is 17.4 Å². The van der Waals surface area contributed by atoms with Crippen molar-refractivity contribution in [1.29, 1.82) is 0 Å². The van der Waals surface area contributed by atoms with E-state index in [1.165, 1.54) is 14.2 Å². The Morgan fingerprint density at radius 2 is 1.70 bits per heavy atom. The fraction of sp³-hybridized carbons (Fsp3) is 0.389. The van der Waals surface area contributed by atoms with Crippen molar-refractivity contribution in [2.75, 3.05) is 14.2 Å². The van der Waals surface area contributed by atoms with E-state index in [1.807, 2.05) is 30.3 Å². The summed E-state index contributed by atoms with van der Waals surface area (Å²) in [7, 11) is 2.53. The maximum atomic E-state index is 12.4. The number of carbonyl (C=O) groups is 3. The summed E-state index contributed by atoms with van der Waals surface area (Å²) in [5, 5.41) is 0. The largest absolute Gasteiger partial charge is 0.468 e. The number of esters is 2. The minimum Gasteiger partial charge on any atom is -0.468 e. The van der Waals surface area contributed by atoms with Crippen molar-refractivity contribution < 1.29 is 23.9 Å². The van der Waals surface area contributed by atoms with Crippen molar-refractivity contribution in [2.45, 2.75) is 19.3 Å². The van der Waals surface area contributed by atoms with E-state index in [9.17, 15) is 14.4 Å². The van der Waals surface area contributed by atoms with Crippen LogP contribution < -0.4 is 0 Å². The van der Waals surface area contributed by atoms with Gasteiger partial charge in [0.25, 0.3) is 0 Å². The van der Waals surface area contributed by atoms with Crippen LogP contribution in [0.15, 0.2) is 35.9 Å². The molecule has 0 heterocycles. The van der Waals surface area contributed by atoms with Crippen molar-refractivity contribution in [3.63, 3.8) is 0 Å². The number of hydrogen-bond donors (Lipinski definition) is 0. The highest BCUT2D eigenvalue weighted by Crippen LogP contribution is 2.54. The average Bonchev–Trinajstić information content (AvgIpc) is 3.08. The summed E-state index contributed by atoms with van der Waals surface area (Å²) >= 11 is 0. The summed E-state index contributed by atoms with van der Waals surface area (Å²) in [5.41, 5.74) is 1.02. The van der Waals surface area contributed by atoms with Crippen LogP contribution in [0.1, 0.15) is 24.8 Å². The lowest BCUT2D eigenvalue weighted by molar-refractivity contribution is -0.168. The molecule has 1 aromatic carbocycles. The lowest BCUT2D eigenvalue weighted by Gasteiger charge is -2.23. The summed E-state index contributed by atoms with van der Waals surface area (Å²) in [6.45, 7) is 0. The predicted molar refractivity (Wildman–Crippen MR) is 82.2 cm³/mol. The molecular weight excluding hydrogens is 296 g/mol. The smallest absolute Gasteiger partial charge is 0.323 e. The molecule has 0 N–H and O–H groups in total. The highest BCUT2D eigenvalue weighted by atomic mass is 16.5. The molecule has 1 aromatic rings. The summed E-state index contributed by atoms with van der Waals surface area (Å²) in [5.74, 6) is -1.22. The molecule has 1 fully saturated rings. The molecule has 2 aliphatic rings. The zero-order chi connectivity index (χ0) is 16.6. The predicted octanol–water partition coefficient (Wildman–Crippen LogP) is 2.16. The van der Waals surface area contributed by atoms with Gasteiger partial charge in [-0.1, -0.05) is 35.9 Å². The summed E-state index contributed by atoms with van der Waals surface area (Å²) in [6.07, 6.45) is 0.784. The van der Waals surface area contributed by atoms with Gasteiger partial charge in [0.15, 0.2) is 11.2 Å². The second-order valence-electron chi connectivity index (χ2n) is 6.04. The van der Waals surface area contributed by atoms with Gasteiger partial charge in [0.05, 0.1) is 14.2 Å². The van der Waals surface area contributed by atoms with Crippen molar-refractivity contribution >= 4 is 23.3 Å². The Kier molecular flexibility index (Phi) is 3.80. The lowest BCUT2D eigenvalue weighted by Crippen LogP contribution is -2.39. The second kappa shape index (κ2) is 5.65. The Bertz CT molecular complexity index is 685. The molecule has 120 valence electrons. The van der Waals surface area contributed by atoms with Crippen LogP contribution in [0.5, 0.6) is 0 Å². The molecule has 0 aliphatic heterocycles. The minimum atomic E-state index is -1.33. The zero-order valence-electron chi connectivity index (χ0n) is 13.1. The van der Waals surface area contributed by atoms with Gasteiger partial charge in [0.2, 0.25) is 0 Å². The summed E-state index contributed by atoms with van der Waals surface area (Å²) in [6, 6.07) is 9.36. The Morgan fingerprint density at radius 1 is 1.09 bits per heavy atom. The van der Waals surface area contributed by atoms with Crippen LogP contribution in [0.2, 0.25) is 0 Å². The molecule has 5 nitrogen and oxygen atoms in total. The van der Waals surface area contributed by atoms with Crippen LogP contribution >= 0.6 is 0 Å². The average molecular weight is 314 g/mol. The second-order valence-corrected chi connectivity index (χ2v) is 6.04. The van der Waals surface area contributed by atoms with Gasteiger partial charge in [0, 0.05) is 12.0 Å². The Hall–Kier alpha value is -2.43. The molecule has 0 spiro atoms. The Labute approximate surface area is 134 Å². The number of benzene rings is 1. The third kappa shape index (κ3) is 2.27. The zero-order valence-corrected chi connectivity index (χ0v) is 13.1. The van der Waals surface area contributed by atoms with E-state index in [4.69, 9.17) is 9.47 Å². The van der Waals surface area contributed by atoms with E-state index in [1.54, 1.807) is 0 Å². The van der Waals surface area contributed by atoms with E-state index in [2.05, 4.69) is 0 Å². The first-order valence-corrected chi connectivity index (χ1v) is 7.52. The number of ether oxygens (including phenoxy) is 2. The van der Waals surface area contributed by atoms with Crippen molar-refractivity contribution in [3.05, 3.63) is 41.5 Å². The van der Waals surface area contributed by atoms with Crippen LogP contribution in [-0.2, 0) is 23.9 Å². The number of carbonyl (C=O) groups excluding carboxylic acids is 3. The van der Waals surface area contributed by atoms with Gasteiger partial charge in [-0.3, -0.25) is 14.4 Å². The normalized spacial score (nSPS) is 22.0. The molecule has 3 rings (SSSR count). The van der Waals surface area contributed by atoms with Crippen molar-refractivity contribution in [3.8, 4) is 0 Å². The number of ketones is 1. The first kappa shape index (κ1) is 15.5. The van der Waals surface area contributed by atoms with E-state index in [-0.39, 0.29) is 24.5 Å². The van der Waals surface area contributed by atoms with Crippen LogP contribution in [0.25, 0.3) is 5.57 Å². The Morgan fingerprint density at radius 3 is 2.26 bits per heavy atom. The SMILES string of the molecule is COC(=O)C1(C(=O)OC)CC2=C(c3ccccc3)C(=O)CC2C1. The molecule has 0 saturated heterocycles. The summed E-state index contributed by atoms with van der Waals surface area (Å²) < 4.78 is 9.69. The molecular formula is C18H18O5. The van der Waals surface area contributed by atoms with Crippen molar-refractivity contribution in [1.82, 2.24) is 0 Å². The fourth-order valence-corrected chi connectivity index (χ4v) is 3.81. The third-order valence-electron chi connectivity index (χ3n) is 4.83. The van der Waals surface area contributed by atoms with E-state index in [0.717, 1.165) is 11.1 Å². The lowest BCUT2D eigenvalue weighted by atomic mass is 9.83. The quantitative estimate of drug-likeness (QED) is 0.631. The van der Waals surface area contributed by atoms with Gasteiger partial charge < -0.3 is 9.47 Å². The molecule has 2 aliphatic carbocycles.